The van der Waals surface area contributed by atoms with Crippen molar-refractivity contribution >= 4 is 11.0 Å². The molecule has 0 radical (unpaired) electrons. The van der Waals surface area contributed by atoms with Crippen LogP contribution in [-0.4, -0.2) is 16.7 Å². The minimum absolute atomic E-state index is 0.178. The number of hydrogen-bond acceptors (Lipinski definition) is 2. The highest BCUT2D eigenvalue weighted by atomic mass is 19.4. The van der Waals surface area contributed by atoms with E-state index >= 15 is 0 Å². The Morgan fingerprint density at radius 3 is 2.50 bits per heavy atom. The molecule has 6 heteroatoms. The Labute approximate surface area is 114 Å². The molecule has 1 saturated carbocycles. The number of methoxy groups -OCH3 is 1. The van der Waals surface area contributed by atoms with E-state index in [1.807, 2.05) is 11.5 Å². The molecule has 0 N–H and O–H groups in total. The molecule has 2 aromatic rings. The number of aryl methyl sites for hydroxylation is 1. The topological polar surface area (TPSA) is 27.1 Å². The number of hydrogen-bond donors (Lipinski definition) is 0. The third kappa shape index (κ3) is 1.94. The average molecular weight is 284 g/mol. The van der Waals surface area contributed by atoms with Crippen LogP contribution in [0.25, 0.3) is 11.0 Å². The van der Waals surface area contributed by atoms with Crippen LogP contribution in [0.4, 0.5) is 13.2 Å². The maximum Gasteiger partial charge on any atom is 0.420 e. The lowest BCUT2D eigenvalue weighted by Gasteiger charge is -2.28. The lowest BCUT2D eigenvalue weighted by atomic mass is 9.92. The molecule has 1 aromatic carbocycles. The quantitative estimate of drug-likeness (QED) is 0.830. The lowest BCUT2D eigenvalue weighted by Crippen LogP contribution is -2.18. The van der Waals surface area contributed by atoms with Gasteiger partial charge in [-0.3, -0.25) is 0 Å². The second kappa shape index (κ2) is 4.40. The van der Waals surface area contributed by atoms with Gasteiger partial charge in [0.05, 0.1) is 23.7 Å². The van der Waals surface area contributed by atoms with Gasteiger partial charge in [0.2, 0.25) is 0 Å². The fraction of sp³-hybridized carbons (Fsp3) is 0.500. The summed E-state index contributed by atoms with van der Waals surface area (Å²) in [7, 11) is 1.24. The molecule has 3 rings (SSSR count). The fourth-order valence-electron chi connectivity index (χ4n) is 2.74. The van der Waals surface area contributed by atoms with E-state index in [2.05, 4.69) is 4.98 Å². The summed E-state index contributed by atoms with van der Waals surface area (Å²) in [5.74, 6) is 0.578. The largest absolute Gasteiger partial charge is 0.496 e. The number of fused-ring (bicyclic) bond motifs is 1. The van der Waals surface area contributed by atoms with E-state index in [0.29, 0.717) is 11.0 Å². The molecular weight excluding hydrogens is 269 g/mol. The predicted molar refractivity (Wildman–Crippen MR) is 68.9 cm³/mol. The van der Waals surface area contributed by atoms with Crippen molar-refractivity contribution in [3.63, 3.8) is 0 Å². The average Bonchev–Trinajstić information content (AvgIpc) is 2.61. The second-order valence-electron chi connectivity index (χ2n) is 5.15. The van der Waals surface area contributed by atoms with Crippen LogP contribution in [0.15, 0.2) is 12.1 Å². The van der Waals surface area contributed by atoms with Crippen molar-refractivity contribution in [1.29, 1.82) is 0 Å². The molecule has 1 aliphatic carbocycles. The van der Waals surface area contributed by atoms with Gasteiger partial charge < -0.3 is 9.30 Å². The minimum atomic E-state index is -4.43. The molecule has 0 bridgehead atoms. The highest BCUT2D eigenvalue weighted by molar-refractivity contribution is 5.80. The van der Waals surface area contributed by atoms with E-state index in [1.54, 1.807) is 0 Å². The first-order valence-corrected chi connectivity index (χ1v) is 6.55. The van der Waals surface area contributed by atoms with Gasteiger partial charge in [0, 0.05) is 12.1 Å². The van der Waals surface area contributed by atoms with Crippen molar-refractivity contribution in [2.75, 3.05) is 7.11 Å². The molecule has 108 valence electrons. The van der Waals surface area contributed by atoms with Gasteiger partial charge in [-0.25, -0.2) is 4.98 Å². The van der Waals surface area contributed by atoms with E-state index in [9.17, 15) is 13.2 Å². The molecular formula is C14H15F3N2O. The first kappa shape index (κ1) is 13.3. The molecule has 0 amide bonds. The Morgan fingerprint density at radius 2 is 2.00 bits per heavy atom. The molecule has 20 heavy (non-hydrogen) atoms. The van der Waals surface area contributed by atoms with Crippen molar-refractivity contribution in [3.05, 3.63) is 23.5 Å². The summed E-state index contributed by atoms with van der Waals surface area (Å²) in [4.78, 5) is 4.36. The van der Waals surface area contributed by atoms with Gasteiger partial charge >= 0.3 is 6.18 Å². The molecule has 0 saturated heterocycles. The highest BCUT2D eigenvalue weighted by Gasteiger charge is 2.36. The van der Waals surface area contributed by atoms with E-state index in [-0.39, 0.29) is 11.8 Å². The van der Waals surface area contributed by atoms with Crippen molar-refractivity contribution in [3.8, 4) is 5.75 Å². The number of benzene rings is 1. The zero-order valence-corrected chi connectivity index (χ0v) is 11.3. The number of imidazole rings is 1. The monoisotopic (exact) mass is 284 g/mol. The van der Waals surface area contributed by atoms with Crippen LogP contribution < -0.4 is 4.74 Å². The van der Waals surface area contributed by atoms with Crippen molar-refractivity contribution in [2.45, 2.75) is 38.4 Å². The number of nitrogens with zero attached hydrogens (tertiary/aromatic N) is 2. The van der Waals surface area contributed by atoms with Gasteiger partial charge in [0.15, 0.2) is 0 Å². The van der Waals surface area contributed by atoms with Crippen LogP contribution in [0.5, 0.6) is 5.75 Å². The van der Waals surface area contributed by atoms with Gasteiger partial charge in [0.1, 0.15) is 11.6 Å². The van der Waals surface area contributed by atoms with Crippen LogP contribution in [0.1, 0.15) is 36.7 Å². The van der Waals surface area contributed by atoms with Gasteiger partial charge in [-0.05, 0) is 32.3 Å². The maximum atomic E-state index is 13.1. The summed E-state index contributed by atoms with van der Waals surface area (Å²) in [6.07, 6.45) is -1.31. The Balaban J connectivity index is 2.24. The maximum absolute atomic E-state index is 13.1. The molecule has 0 unspecified atom stereocenters. The number of rotatable bonds is 2. The SMILES string of the molecule is COc1cc2nc(C)n(C3CCC3)c2cc1C(F)(F)F. The number of alkyl halides is 3. The molecule has 1 heterocycles. The summed E-state index contributed by atoms with van der Waals surface area (Å²) in [5.41, 5.74) is 0.354. The van der Waals surface area contributed by atoms with Crippen LogP contribution in [0.2, 0.25) is 0 Å². The Morgan fingerprint density at radius 1 is 1.30 bits per heavy atom. The van der Waals surface area contributed by atoms with Gasteiger partial charge in [-0.2, -0.15) is 13.2 Å². The molecule has 1 fully saturated rings. The number of aromatic nitrogens is 2. The van der Waals surface area contributed by atoms with Crippen LogP contribution in [-0.2, 0) is 6.18 Å². The van der Waals surface area contributed by atoms with Crippen LogP contribution in [0.3, 0.4) is 0 Å². The van der Waals surface area contributed by atoms with Crippen molar-refractivity contribution in [2.24, 2.45) is 0 Å². The second-order valence-corrected chi connectivity index (χ2v) is 5.15. The predicted octanol–water partition coefficient (Wildman–Crippen LogP) is 4.10. The van der Waals surface area contributed by atoms with E-state index in [4.69, 9.17) is 4.74 Å². The number of ether oxygens (including phenoxy) is 1. The summed E-state index contributed by atoms with van der Waals surface area (Å²) in [6.45, 7) is 1.83. The first-order chi connectivity index (χ1) is 9.41. The third-order valence-corrected chi connectivity index (χ3v) is 3.93. The minimum Gasteiger partial charge on any atom is -0.496 e. The molecule has 3 nitrogen and oxygen atoms in total. The standard InChI is InChI=1S/C14H15F3N2O/c1-8-18-11-7-13(20-2)10(14(15,16)17)6-12(11)19(8)9-4-3-5-9/h6-7,9H,3-5H2,1-2H3. The normalized spacial score (nSPS) is 16.4. The summed E-state index contributed by atoms with van der Waals surface area (Å²) < 4.78 is 46.1. The van der Waals surface area contributed by atoms with Gasteiger partial charge in [-0.1, -0.05) is 0 Å². The fourth-order valence-corrected chi connectivity index (χ4v) is 2.74. The molecule has 0 aliphatic heterocycles. The Bertz CT molecular complexity index is 656. The van der Waals surface area contributed by atoms with Crippen LogP contribution in [0, 0.1) is 6.92 Å². The van der Waals surface area contributed by atoms with E-state index in [0.717, 1.165) is 31.2 Å². The third-order valence-electron chi connectivity index (χ3n) is 3.93. The summed E-state index contributed by atoms with van der Waals surface area (Å²) in [5, 5.41) is 0. The van der Waals surface area contributed by atoms with Crippen molar-refractivity contribution < 1.29 is 17.9 Å². The van der Waals surface area contributed by atoms with Gasteiger partial charge in [0.25, 0.3) is 0 Å². The molecule has 1 aromatic heterocycles. The Hall–Kier alpha value is -1.72. The lowest BCUT2D eigenvalue weighted by molar-refractivity contribution is -0.138. The van der Waals surface area contributed by atoms with E-state index < -0.39 is 11.7 Å². The number of halogens is 3. The highest BCUT2D eigenvalue weighted by Crippen LogP contribution is 2.41. The zero-order valence-electron chi connectivity index (χ0n) is 11.3. The summed E-state index contributed by atoms with van der Waals surface area (Å²) >= 11 is 0. The zero-order chi connectivity index (χ0) is 14.5. The van der Waals surface area contributed by atoms with Crippen LogP contribution >= 0.6 is 0 Å². The molecule has 0 atom stereocenters. The van der Waals surface area contributed by atoms with E-state index in [1.165, 1.54) is 13.2 Å². The van der Waals surface area contributed by atoms with Gasteiger partial charge in [-0.15, -0.1) is 0 Å². The van der Waals surface area contributed by atoms with Crippen molar-refractivity contribution in [1.82, 2.24) is 9.55 Å². The smallest absolute Gasteiger partial charge is 0.420 e. The molecule has 0 spiro atoms. The Kier molecular flexibility index (Phi) is 2.92. The molecule has 1 aliphatic rings. The first-order valence-electron chi connectivity index (χ1n) is 6.55. The summed E-state index contributed by atoms with van der Waals surface area (Å²) in [6, 6.07) is 2.81.